The van der Waals surface area contributed by atoms with Crippen molar-refractivity contribution < 1.29 is 4.39 Å². The van der Waals surface area contributed by atoms with Gasteiger partial charge in [-0.2, -0.15) is 5.10 Å². The first-order valence-electron chi connectivity index (χ1n) is 5.19. The van der Waals surface area contributed by atoms with Crippen LogP contribution in [0.3, 0.4) is 0 Å². The van der Waals surface area contributed by atoms with Crippen LogP contribution in [0.1, 0.15) is 12.5 Å². The predicted molar refractivity (Wildman–Crippen MR) is 77.6 cm³/mol. The van der Waals surface area contributed by atoms with E-state index in [-0.39, 0.29) is 5.82 Å². The molecular formula is C12H13ClFN3S. The van der Waals surface area contributed by atoms with E-state index in [2.05, 4.69) is 22.4 Å². The minimum atomic E-state index is -0.382. The van der Waals surface area contributed by atoms with E-state index in [4.69, 9.17) is 23.8 Å². The first-order chi connectivity index (χ1) is 8.54. The fourth-order valence-corrected chi connectivity index (χ4v) is 1.62. The molecule has 0 atom stereocenters. The Morgan fingerprint density at radius 3 is 2.94 bits per heavy atom. The smallest absolute Gasteiger partial charge is 0.187 e. The van der Waals surface area contributed by atoms with E-state index in [0.717, 1.165) is 0 Å². The number of thiocarbonyl (C=S) groups is 1. The molecule has 0 amide bonds. The average molecular weight is 286 g/mol. The van der Waals surface area contributed by atoms with Crippen molar-refractivity contribution in [1.82, 2.24) is 10.7 Å². The summed E-state index contributed by atoms with van der Waals surface area (Å²) in [4.78, 5) is 0. The molecule has 3 nitrogen and oxygen atoms in total. The van der Waals surface area contributed by atoms with Crippen LogP contribution in [-0.4, -0.2) is 17.4 Å². The van der Waals surface area contributed by atoms with E-state index in [9.17, 15) is 4.39 Å². The van der Waals surface area contributed by atoms with E-state index < -0.39 is 0 Å². The molecule has 0 fully saturated rings. The third kappa shape index (κ3) is 4.43. The topological polar surface area (TPSA) is 36.4 Å². The van der Waals surface area contributed by atoms with Gasteiger partial charge in [-0.15, -0.1) is 6.58 Å². The first kappa shape index (κ1) is 14.6. The second-order valence-electron chi connectivity index (χ2n) is 3.43. The molecule has 0 unspecified atom stereocenters. The van der Waals surface area contributed by atoms with Crippen LogP contribution >= 0.6 is 23.8 Å². The normalized spacial score (nSPS) is 10.9. The Morgan fingerprint density at radius 2 is 2.33 bits per heavy atom. The van der Waals surface area contributed by atoms with Crippen LogP contribution in [0.25, 0.3) is 0 Å². The van der Waals surface area contributed by atoms with Crippen molar-refractivity contribution in [2.75, 3.05) is 6.54 Å². The van der Waals surface area contributed by atoms with Crippen LogP contribution in [0.4, 0.5) is 4.39 Å². The van der Waals surface area contributed by atoms with Crippen molar-refractivity contribution in [1.29, 1.82) is 0 Å². The average Bonchev–Trinajstić information content (AvgIpc) is 2.33. The summed E-state index contributed by atoms with van der Waals surface area (Å²) in [6, 6.07) is 4.14. The van der Waals surface area contributed by atoms with Gasteiger partial charge in [0.25, 0.3) is 0 Å². The quantitative estimate of drug-likeness (QED) is 0.387. The van der Waals surface area contributed by atoms with Gasteiger partial charge >= 0.3 is 0 Å². The van der Waals surface area contributed by atoms with E-state index in [1.165, 1.54) is 12.1 Å². The van der Waals surface area contributed by atoms with Crippen LogP contribution in [0.5, 0.6) is 0 Å². The molecule has 0 aliphatic carbocycles. The van der Waals surface area contributed by atoms with Gasteiger partial charge in [0.2, 0.25) is 0 Å². The molecular weight excluding hydrogens is 273 g/mol. The van der Waals surface area contributed by atoms with Gasteiger partial charge in [-0.05, 0) is 37.3 Å². The molecule has 1 rings (SSSR count). The minimum absolute atomic E-state index is 0.308. The molecule has 2 N–H and O–H groups in total. The zero-order valence-electron chi connectivity index (χ0n) is 9.84. The van der Waals surface area contributed by atoms with Crippen molar-refractivity contribution >= 4 is 34.6 Å². The lowest BCUT2D eigenvalue weighted by atomic mass is 10.1. The number of rotatable bonds is 4. The zero-order chi connectivity index (χ0) is 13.5. The molecule has 0 aliphatic rings. The van der Waals surface area contributed by atoms with Gasteiger partial charge in [-0.3, -0.25) is 5.43 Å². The summed E-state index contributed by atoms with van der Waals surface area (Å²) in [6.45, 7) is 5.86. The van der Waals surface area contributed by atoms with Crippen molar-refractivity contribution in [2.24, 2.45) is 5.10 Å². The SMILES string of the molecule is C=CCNC(=S)N/N=C(/C)c1ccc(F)cc1Cl. The molecule has 6 heteroatoms. The highest BCUT2D eigenvalue weighted by Crippen LogP contribution is 2.17. The summed E-state index contributed by atoms with van der Waals surface area (Å²) >= 11 is 10.9. The Bertz CT molecular complexity index is 488. The Hall–Kier alpha value is -1.46. The van der Waals surface area contributed by atoms with Crippen molar-refractivity contribution in [3.05, 3.63) is 47.3 Å². The summed E-state index contributed by atoms with van der Waals surface area (Å²) in [5, 5.41) is 7.61. The largest absolute Gasteiger partial charge is 0.358 e. The number of nitrogens with one attached hydrogen (secondary N) is 2. The summed E-state index contributed by atoms with van der Waals surface area (Å²) in [6.07, 6.45) is 1.68. The lowest BCUT2D eigenvalue weighted by Crippen LogP contribution is -2.32. The Kier molecular flexibility index (Phi) is 5.74. The Labute approximate surface area is 116 Å². The second kappa shape index (κ2) is 7.08. The van der Waals surface area contributed by atoms with E-state index in [0.29, 0.717) is 28.0 Å². The summed E-state index contributed by atoms with van der Waals surface area (Å²) in [5.41, 5.74) is 3.93. The van der Waals surface area contributed by atoms with Crippen LogP contribution < -0.4 is 10.7 Å². The fourth-order valence-electron chi connectivity index (χ4n) is 1.18. The second-order valence-corrected chi connectivity index (χ2v) is 4.25. The third-order valence-electron chi connectivity index (χ3n) is 2.05. The number of hydrogen-bond acceptors (Lipinski definition) is 2. The van der Waals surface area contributed by atoms with Crippen molar-refractivity contribution in [3.63, 3.8) is 0 Å². The number of halogens is 2. The molecule has 0 saturated carbocycles. The van der Waals surface area contributed by atoms with Crippen LogP contribution in [0, 0.1) is 5.82 Å². The summed E-state index contributed by atoms with van der Waals surface area (Å²) in [7, 11) is 0. The van der Waals surface area contributed by atoms with Crippen molar-refractivity contribution in [3.8, 4) is 0 Å². The molecule has 0 bridgehead atoms. The van der Waals surface area contributed by atoms with Gasteiger partial charge in [-0.25, -0.2) is 4.39 Å². The highest BCUT2D eigenvalue weighted by Gasteiger charge is 2.05. The van der Waals surface area contributed by atoms with E-state index >= 15 is 0 Å². The van der Waals surface area contributed by atoms with Crippen LogP contribution in [0.2, 0.25) is 5.02 Å². The molecule has 0 spiro atoms. The van der Waals surface area contributed by atoms with Crippen LogP contribution in [-0.2, 0) is 0 Å². The van der Waals surface area contributed by atoms with Crippen LogP contribution in [0.15, 0.2) is 36.0 Å². The maximum atomic E-state index is 12.9. The number of benzene rings is 1. The molecule has 96 valence electrons. The minimum Gasteiger partial charge on any atom is -0.358 e. The lowest BCUT2D eigenvalue weighted by molar-refractivity contribution is 0.628. The third-order valence-corrected chi connectivity index (χ3v) is 2.60. The van der Waals surface area contributed by atoms with Gasteiger partial charge in [0.1, 0.15) is 5.82 Å². The maximum Gasteiger partial charge on any atom is 0.187 e. The highest BCUT2D eigenvalue weighted by molar-refractivity contribution is 7.80. The molecule has 0 heterocycles. The standard InChI is InChI=1S/C12H13ClFN3S/c1-3-6-15-12(18)17-16-8(2)10-5-4-9(14)7-11(10)13/h3-5,7H,1,6H2,2H3,(H2,15,17,18)/b16-8-. The molecule has 1 aromatic rings. The fraction of sp³-hybridized carbons (Fsp3) is 0.167. The monoisotopic (exact) mass is 285 g/mol. The maximum absolute atomic E-state index is 12.9. The molecule has 0 radical (unpaired) electrons. The van der Waals surface area contributed by atoms with Gasteiger partial charge in [0.15, 0.2) is 5.11 Å². The van der Waals surface area contributed by atoms with E-state index in [1.807, 2.05) is 0 Å². The number of hydrogen-bond donors (Lipinski definition) is 2. The highest BCUT2D eigenvalue weighted by atomic mass is 35.5. The Morgan fingerprint density at radius 1 is 1.61 bits per heavy atom. The molecule has 18 heavy (non-hydrogen) atoms. The molecule has 0 aromatic heterocycles. The molecule has 0 saturated heterocycles. The lowest BCUT2D eigenvalue weighted by Gasteiger charge is -2.07. The van der Waals surface area contributed by atoms with Crippen molar-refractivity contribution in [2.45, 2.75) is 6.92 Å². The van der Waals surface area contributed by atoms with Gasteiger partial charge in [0.05, 0.1) is 10.7 Å². The molecule has 0 aliphatic heterocycles. The zero-order valence-corrected chi connectivity index (χ0v) is 11.4. The van der Waals surface area contributed by atoms with E-state index in [1.54, 1.807) is 19.1 Å². The molecule has 1 aromatic carbocycles. The summed E-state index contributed by atoms with van der Waals surface area (Å²) < 4.78 is 12.9. The number of hydrazone groups is 1. The van der Waals surface area contributed by atoms with Gasteiger partial charge < -0.3 is 5.32 Å². The first-order valence-corrected chi connectivity index (χ1v) is 5.97. The predicted octanol–water partition coefficient (Wildman–Crippen LogP) is 2.85. The summed E-state index contributed by atoms with van der Waals surface area (Å²) in [5.74, 6) is -0.382. The Balaban J connectivity index is 2.71. The van der Waals surface area contributed by atoms with Gasteiger partial charge in [0, 0.05) is 12.1 Å². The van der Waals surface area contributed by atoms with Gasteiger partial charge in [-0.1, -0.05) is 17.7 Å². The number of nitrogens with zero attached hydrogens (tertiary/aromatic N) is 1.